The predicted molar refractivity (Wildman–Crippen MR) is 86.8 cm³/mol. The van der Waals surface area contributed by atoms with Crippen LogP contribution in [-0.2, 0) is 0 Å². The fourth-order valence-electron chi connectivity index (χ4n) is 2.22. The first-order valence-electron chi connectivity index (χ1n) is 6.71. The second-order valence-electron chi connectivity index (χ2n) is 4.89. The van der Waals surface area contributed by atoms with Gasteiger partial charge in [-0.05, 0) is 38.1 Å². The molecule has 0 aliphatic heterocycles. The van der Waals surface area contributed by atoms with Gasteiger partial charge in [0.15, 0.2) is 0 Å². The van der Waals surface area contributed by atoms with Gasteiger partial charge in [-0.1, -0.05) is 11.6 Å². The highest BCUT2D eigenvalue weighted by atomic mass is 32.1. The van der Waals surface area contributed by atoms with Crippen LogP contribution in [0.5, 0.6) is 5.75 Å². The first-order chi connectivity index (χ1) is 10.2. The van der Waals surface area contributed by atoms with E-state index in [1.54, 1.807) is 18.4 Å². The van der Waals surface area contributed by atoms with Gasteiger partial charge in [0.25, 0.3) is 0 Å². The highest BCUT2D eigenvalue weighted by molar-refractivity contribution is 7.09. The fourth-order valence-corrected chi connectivity index (χ4v) is 2.84. The molecule has 106 valence electrons. The molecule has 4 heteroatoms. The maximum Gasteiger partial charge on any atom is 0.128 e. The summed E-state index contributed by atoms with van der Waals surface area (Å²) in [6.45, 7) is 4.07. The number of nitrogens with zero attached hydrogens (tertiary/aromatic N) is 2. The summed E-state index contributed by atoms with van der Waals surface area (Å²) in [7, 11) is 1.68. The number of aryl methyl sites for hydroxylation is 2. The highest BCUT2D eigenvalue weighted by Crippen LogP contribution is 2.30. The third kappa shape index (κ3) is 2.81. The van der Waals surface area contributed by atoms with E-state index in [0.717, 1.165) is 33.3 Å². The minimum atomic E-state index is 0.838. The van der Waals surface area contributed by atoms with E-state index in [-0.39, 0.29) is 0 Å². The van der Waals surface area contributed by atoms with E-state index in [1.165, 1.54) is 5.56 Å². The normalized spacial score (nSPS) is 10.6. The van der Waals surface area contributed by atoms with Crippen LogP contribution >= 0.6 is 11.3 Å². The predicted octanol–water partition coefficient (Wildman–Crippen LogP) is 4.50. The second-order valence-corrected chi connectivity index (χ2v) is 5.95. The number of pyridine rings is 1. The molecule has 0 fully saturated rings. The second kappa shape index (κ2) is 5.66. The van der Waals surface area contributed by atoms with Gasteiger partial charge in [-0.2, -0.15) is 0 Å². The average molecular weight is 296 g/mol. The summed E-state index contributed by atoms with van der Waals surface area (Å²) in [6.07, 6.45) is 1.87. The zero-order valence-corrected chi connectivity index (χ0v) is 13.1. The maximum atomic E-state index is 5.42. The lowest BCUT2D eigenvalue weighted by molar-refractivity contribution is 0.416. The molecule has 0 N–H and O–H groups in total. The van der Waals surface area contributed by atoms with Crippen LogP contribution in [0.15, 0.2) is 41.9 Å². The summed E-state index contributed by atoms with van der Waals surface area (Å²) in [5, 5.41) is 3.12. The molecule has 2 heterocycles. The van der Waals surface area contributed by atoms with Gasteiger partial charge in [0.05, 0.1) is 23.5 Å². The van der Waals surface area contributed by atoms with Gasteiger partial charge < -0.3 is 4.74 Å². The molecule has 2 aromatic heterocycles. The van der Waals surface area contributed by atoms with Crippen molar-refractivity contribution in [1.29, 1.82) is 0 Å². The summed E-state index contributed by atoms with van der Waals surface area (Å²) in [5.74, 6) is 0.838. The zero-order valence-electron chi connectivity index (χ0n) is 12.3. The Hall–Kier alpha value is -2.20. The molecular formula is C17H16N2OS. The Morgan fingerprint density at radius 1 is 1.05 bits per heavy atom. The van der Waals surface area contributed by atoms with Crippen LogP contribution in [0.4, 0.5) is 0 Å². The topological polar surface area (TPSA) is 35.0 Å². The molecule has 3 aromatic rings. The van der Waals surface area contributed by atoms with Gasteiger partial charge in [0, 0.05) is 22.7 Å². The molecule has 0 radical (unpaired) electrons. The average Bonchev–Trinajstić information content (AvgIpc) is 2.94. The Bertz CT molecular complexity index is 763. The summed E-state index contributed by atoms with van der Waals surface area (Å²) < 4.78 is 5.42. The van der Waals surface area contributed by atoms with E-state index in [2.05, 4.69) is 34.4 Å². The molecule has 0 spiro atoms. The van der Waals surface area contributed by atoms with Crippen molar-refractivity contribution in [1.82, 2.24) is 9.97 Å². The van der Waals surface area contributed by atoms with E-state index in [4.69, 9.17) is 4.74 Å². The van der Waals surface area contributed by atoms with Crippen LogP contribution in [0.2, 0.25) is 0 Å². The number of ether oxygens (including phenoxy) is 1. The van der Waals surface area contributed by atoms with Crippen molar-refractivity contribution < 1.29 is 4.74 Å². The Morgan fingerprint density at radius 2 is 1.90 bits per heavy atom. The van der Waals surface area contributed by atoms with E-state index in [9.17, 15) is 0 Å². The number of hydrogen-bond donors (Lipinski definition) is 0. The lowest BCUT2D eigenvalue weighted by atomic mass is 10.1. The van der Waals surface area contributed by atoms with Crippen molar-refractivity contribution in [3.63, 3.8) is 0 Å². The fraction of sp³-hybridized carbons (Fsp3) is 0.176. The monoisotopic (exact) mass is 296 g/mol. The van der Waals surface area contributed by atoms with Crippen LogP contribution in [0.25, 0.3) is 22.5 Å². The Balaban J connectivity index is 1.99. The van der Waals surface area contributed by atoms with Gasteiger partial charge >= 0.3 is 0 Å². The van der Waals surface area contributed by atoms with Gasteiger partial charge in [0.1, 0.15) is 5.75 Å². The maximum absolute atomic E-state index is 5.42. The number of rotatable bonds is 3. The minimum absolute atomic E-state index is 0.838. The lowest BCUT2D eigenvalue weighted by Crippen LogP contribution is -1.91. The van der Waals surface area contributed by atoms with Crippen LogP contribution in [0, 0.1) is 13.8 Å². The SMILES string of the molecule is COc1ccc(C)cc1-c1ccc(-c2csc(C)n2)cn1. The minimum Gasteiger partial charge on any atom is -0.496 e. The van der Waals surface area contributed by atoms with E-state index < -0.39 is 0 Å². The Kier molecular flexibility index (Phi) is 3.71. The molecular weight excluding hydrogens is 280 g/mol. The van der Waals surface area contributed by atoms with Crippen LogP contribution in [0.3, 0.4) is 0 Å². The van der Waals surface area contributed by atoms with Crippen LogP contribution < -0.4 is 4.74 Å². The molecule has 0 bridgehead atoms. The summed E-state index contributed by atoms with van der Waals surface area (Å²) in [5.41, 5.74) is 5.12. The molecule has 0 aliphatic carbocycles. The van der Waals surface area contributed by atoms with Crippen LogP contribution in [-0.4, -0.2) is 17.1 Å². The molecule has 0 saturated carbocycles. The first-order valence-corrected chi connectivity index (χ1v) is 7.59. The standard InChI is InChI=1S/C17H16N2OS/c1-11-4-7-17(20-3)14(8-11)15-6-5-13(9-18-15)16-10-21-12(2)19-16/h4-10H,1-3H3. The van der Waals surface area contributed by atoms with Gasteiger partial charge in [-0.15, -0.1) is 11.3 Å². The van der Waals surface area contributed by atoms with E-state index in [1.807, 2.05) is 31.3 Å². The third-order valence-electron chi connectivity index (χ3n) is 3.31. The molecule has 3 nitrogen and oxygen atoms in total. The van der Waals surface area contributed by atoms with Crippen LogP contribution in [0.1, 0.15) is 10.6 Å². The Morgan fingerprint density at radius 3 is 2.52 bits per heavy atom. The Labute approximate surface area is 128 Å². The third-order valence-corrected chi connectivity index (χ3v) is 4.08. The van der Waals surface area contributed by atoms with E-state index in [0.29, 0.717) is 0 Å². The zero-order chi connectivity index (χ0) is 14.8. The largest absolute Gasteiger partial charge is 0.496 e. The number of hydrogen-bond acceptors (Lipinski definition) is 4. The number of benzene rings is 1. The summed E-state index contributed by atoms with van der Waals surface area (Å²) in [4.78, 5) is 9.05. The van der Waals surface area contributed by atoms with Crippen molar-refractivity contribution in [2.24, 2.45) is 0 Å². The van der Waals surface area contributed by atoms with Gasteiger partial charge in [-0.3, -0.25) is 4.98 Å². The number of aromatic nitrogens is 2. The molecule has 0 aliphatic rings. The smallest absolute Gasteiger partial charge is 0.128 e. The van der Waals surface area contributed by atoms with Crippen molar-refractivity contribution in [2.45, 2.75) is 13.8 Å². The van der Waals surface area contributed by atoms with Gasteiger partial charge in [-0.25, -0.2) is 4.98 Å². The van der Waals surface area contributed by atoms with Crippen molar-refractivity contribution in [2.75, 3.05) is 7.11 Å². The molecule has 0 atom stereocenters. The first kappa shape index (κ1) is 13.8. The highest BCUT2D eigenvalue weighted by Gasteiger charge is 2.09. The van der Waals surface area contributed by atoms with Crippen molar-refractivity contribution in [3.8, 4) is 28.3 Å². The van der Waals surface area contributed by atoms with E-state index >= 15 is 0 Å². The van der Waals surface area contributed by atoms with Crippen molar-refractivity contribution in [3.05, 3.63) is 52.5 Å². The molecule has 1 aromatic carbocycles. The molecule has 0 saturated heterocycles. The lowest BCUT2D eigenvalue weighted by Gasteiger charge is -2.09. The quantitative estimate of drug-likeness (QED) is 0.714. The summed E-state index contributed by atoms with van der Waals surface area (Å²) in [6, 6.07) is 10.2. The molecule has 0 unspecified atom stereocenters. The summed E-state index contributed by atoms with van der Waals surface area (Å²) >= 11 is 1.65. The van der Waals surface area contributed by atoms with Crippen molar-refractivity contribution >= 4 is 11.3 Å². The number of methoxy groups -OCH3 is 1. The molecule has 21 heavy (non-hydrogen) atoms. The molecule has 3 rings (SSSR count). The number of thiazole rings is 1. The van der Waals surface area contributed by atoms with Gasteiger partial charge in [0.2, 0.25) is 0 Å². The molecule has 0 amide bonds.